The highest BCUT2D eigenvalue weighted by Crippen LogP contribution is 1.98. The molecule has 0 spiro atoms. The molecular weight excluding hydrogens is 216 g/mol. The number of rotatable bonds is 6. The van der Waals surface area contributed by atoms with Crippen LogP contribution in [-0.4, -0.2) is 41.5 Å². The summed E-state index contributed by atoms with van der Waals surface area (Å²) < 4.78 is 9.06. The van der Waals surface area contributed by atoms with Crippen LogP contribution in [0.25, 0.3) is 0 Å². The molecule has 0 rings (SSSR count). The third-order valence-electron chi connectivity index (χ3n) is 1.44. The molecule has 0 aromatic rings. The quantitative estimate of drug-likeness (QED) is 0.277. The van der Waals surface area contributed by atoms with Crippen molar-refractivity contribution in [3.63, 3.8) is 0 Å². The third-order valence-corrected chi connectivity index (χ3v) is 1.44. The van der Waals surface area contributed by atoms with Gasteiger partial charge in [-0.05, 0) is 6.92 Å². The Morgan fingerprint density at radius 2 is 2.12 bits per heavy atom. The fourth-order valence-electron chi connectivity index (χ4n) is 0.599. The molecule has 0 saturated heterocycles. The molecule has 0 aromatic heterocycles. The van der Waals surface area contributed by atoms with Gasteiger partial charge in [0.2, 0.25) is 0 Å². The predicted octanol–water partition coefficient (Wildman–Crippen LogP) is -0.484. The Bertz CT molecular complexity index is 294. The Labute approximate surface area is 92.8 Å². The van der Waals surface area contributed by atoms with Gasteiger partial charge in [-0.15, -0.1) is 0 Å². The average Bonchev–Trinajstić information content (AvgIpc) is 2.28. The number of aliphatic hydroxyl groups excluding tert-OH is 2. The molecular formula is C10H14O6. The van der Waals surface area contributed by atoms with Gasteiger partial charge in [0.1, 0.15) is 12.7 Å². The third kappa shape index (κ3) is 5.94. The van der Waals surface area contributed by atoms with E-state index in [1.165, 1.54) is 6.92 Å². The molecule has 90 valence electrons. The van der Waals surface area contributed by atoms with Gasteiger partial charge in [0.25, 0.3) is 0 Å². The second-order valence-electron chi connectivity index (χ2n) is 2.88. The normalized spacial score (nSPS) is 12.8. The van der Waals surface area contributed by atoms with E-state index in [0.717, 1.165) is 12.3 Å². The minimum atomic E-state index is -1.02. The molecule has 2 N–H and O–H groups in total. The lowest BCUT2D eigenvalue weighted by Gasteiger charge is -2.06. The van der Waals surface area contributed by atoms with E-state index in [4.69, 9.17) is 14.9 Å². The Hall–Kier alpha value is -1.66. The zero-order chi connectivity index (χ0) is 12.6. The van der Waals surface area contributed by atoms with Crippen LogP contribution in [0.2, 0.25) is 0 Å². The summed E-state index contributed by atoms with van der Waals surface area (Å²) in [6.07, 6.45) is 0.883. The fourth-order valence-corrected chi connectivity index (χ4v) is 0.599. The summed E-state index contributed by atoms with van der Waals surface area (Å²) in [6, 6.07) is 0. The molecule has 0 amide bonds. The summed E-state index contributed by atoms with van der Waals surface area (Å²) in [6.45, 7) is 3.92. The molecule has 6 nitrogen and oxygen atoms in total. The molecule has 0 aliphatic carbocycles. The predicted molar refractivity (Wildman–Crippen MR) is 54.1 cm³/mol. The molecule has 16 heavy (non-hydrogen) atoms. The van der Waals surface area contributed by atoms with Crippen molar-refractivity contribution in [2.45, 2.75) is 13.0 Å². The first-order valence-corrected chi connectivity index (χ1v) is 4.47. The van der Waals surface area contributed by atoms with Crippen molar-refractivity contribution in [3.05, 3.63) is 24.5 Å². The van der Waals surface area contributed by atoms with Gasteiger partial charge >= 0.3 is 11.9 Å². The second-order valence-corrected chi connectivity index (χ2v) is 2.88. The molecule has 0 radical (unpaired) electrons. The van der Waals surface area contributed by atoms with E-state index in [1.54, 1.807) is 0 Å². The first-order valence-electron chi connectivity index (χ1n) is 4.47. The Morgan fingerprint density at radius 1 is 1.50 bits per heavy atom. The van der Waals surface area contributed by atoms with Crippen LogP contribution in [-0.2, 0) is 19.1 Å². The van der Waals surface area contributed by atoms with Crippen LogP contribution in [0, 0.1) is 0 Å². The molecule has 0 bridgehead atoms. The molecule has 0 aromatic carbocycles. The van der Waals surface area contributed by atoms with Gasteiger partial charge in [-0.25, -0.2) is 9.59 Å². The number of carbonyl (C=O) groups is 2. The van der Waals surface area contributed by atoms with Crippen LogP contribution in [0.5, 0.6) is 0 Å². The Morgan fingerprint density at radius 3 is 2.62 bits per heavy atom. The highest BCUT2D eigenvalue weighted by atomic mass is 16.6. The second kappa shape index (κ2) is 7.61. The summed E-state index contributed by atoms with van der Waals surface area (Å²) in [7, 11) is 0. The summed E-state index contributed by atoms with van der Waals surface area (Å²) in [5.41, 5.74) is 0.0559. The van der Waals surface area contributed by atoms with Crippen LogP contribution in [0.4, 0.5) is 0 Å². The van der Waals surface area contributed by atoms with E-state index >= 15 is 0 Å². The van der Waals surface area contributed by atoms with Crippen molar-refractivity contribution in [3.8, 4) is 0 Å². The Balaban J connectivity index is 4.07. The van der Waals surface area contributed by atoms with E-state index in [2.05, 4.69) is 11.3 Å². The average molecular weight is 230 g/mol. The van der Waals surface area contributed by atoms with Gasteiger partial charge in [-0.1, -0.05) is 6.58 Å². The van der Waals surface area contributed by atoms with Gasteiger partial charge in [-0.2, -0.15) is 0 Å². The standard InChI is InChI=1S/C10H14O6/c1-3-9(13)16-10(14)7(2)5-15-6-8(12)4-11/h3,5,8,11-12H,1,4,6H2,2H3. The van der Waals surface area contributed by atoms with Gasteiger partial charge in [0, 0.05) is 6.08 Å². The zero-order valence-electron chi connectivity index (χ0n) is 8.88. The number of hydrogen-bond donors (Lipinski definition) is 2. The molecule has 0 aliphatic heterocycles. The number of esters is 2. The fraction of sp³-hybridized carbons (Fsp3) is 0.400. The summed E-state index contributed by atoms with van der Waals surface area (Å²) in [5, 5.41) is 17.4. The van der Waals surface area contributed by atoms with Crippen LogP contribution in [0.15, 0.2) is 24.5 Å². The van der Waals surface area contributed by atoms with Crippen LogP contribution < -0.4 is 0 Å². The van der Waals surface area contributed by atoms with Crippen molar-refractivity contribution in [2.75, 3.05) is 13.2 Å². The van der Waals surface area contributed by atoms with Crippen LogP contribution >= 0.6 is 0 Å². The molecule has 0 heterocycles. The van der Waals surface area contributed by atoms with Crippen LogP contribution in [0.1, 0.15) is 6.92 Å². The smallest absolute Gasteiger partial charge is 0.344 e. The van der Waals surface area contributed by atoms with Gasteiger partial charge < -0.3 is 19.7 Å². The molecule has 0 aliphatic rings. The van der Waals surface area contributed by atoms with Crippen molar-refractivity contribution in [1.82, 2.24) is 0 Å². The minimum absolute atomic E-state index is 0.0559. The maximum absolute atomic E-state index is 11.1. The maximum Gasteiger partial charge on any atom is 0.344 e. The highest BCUT2D eigenvalue weighted by Gasteiger charge is 2.10. The monoisotopic (exact) mass is 230 g/mol. The topological polar surface area (TPSA) is 93.1 Å². The largest absolute Gasteiger partial charge is 0.498 e. The van der Waals surface area contributed by atoms with E-state index in [9.17, 15) is 9.59 Å². The molecule has 1 unspecified atom stereocenters. The molecule has 6 heteroatoms. The van der Waals surface area contributed by atoms with E-state index < -0.39 is 24.6 Å². The van der Waals surface area contributed by atoms with Crippen molar-refractivity contribution >= 4 is 11.9 Å². The van der Waals surface area contributed by atoms with Gasteiger partial charge in [0.15, 0.2) is 0 Å². The molecule has 0 saturated carbocycles. The summed E-state index contributed by atoms with van der Waals surface area (Å²) in [5.74, 6) is -1.71. The van der Waals surface area contributed by atoms with Crippen molar-refractivity contribution in [1.29, 1.82) is 0 Å². The first kappa shape index (κ1) is 14.3. The van der Waals surface area contributed by atoms with Crippen molar-refractivity contribution < 1.29 is 29.3 Å². The van der Waals surface area contributed by atoms with Gasteiger partial charge in [-0.3, -0.25) is 0 Å². The number of hydrogen-bond acceptors (Lipinski definition) is 6. The van der Waals surface area contributed by atoms with E-state index in [1.807, 2.05) is 0 Å². The lowest BCUT2D eigenvalue weighted by atomic mass is 10.3. The SMILES string of the molecule is C=CC(=O)OC(=O)C(C)=COCC(O)CO. The summed E-state index contributed by atoms with van der Waals surface area (Å²) in [4.78, 5) is 21.8. The zero-order valence-corrected chi connectivity index (χ0v) is 8.88. The first-order chi connectivity index (χ1) is 7.51. The number of carbonyl (C=O) groups excluding carboxylic acids is 2. The van der Waals surface area contributed by atoms with Crippen molar-refractivity contribution in [2.24, 2.45) is 0 Å². The molecule has 0 fully saturated rings. The highest BCUT2D eigenvalue weighted by molar-refractivity contribution is 5.98. The van der Waals surface area contributed by atoms with E-state index in [-0.39, 0.29) is 12.2 Å². The number of ether oxygens (including phenoxy) is 2. The lowest BCUT2D eigenvalue weighted by molar-refractivity contribution is -0.153. The lowest BCUT2D eigenvalue weighted by Crippen LogP contribution is -2.18. The van der Waals surface area contributed by atoms with Gasteiger partial charge in [0.05, 0.1) is 18.4 Å². The minimum Gasteiger partial charge on any atom is -0.498 e. The Kier molecular flexibility index (Phi) is 6.82. The summed E-state index contributed by atoms with van der Waals surface area (Å²) >= 11 is 0. The van der Waals surface area contributed by atoms with E-state index in [0.29, 0.717) is 0 Å². The number of aliphatic hydroxyl groups is 2. The maximum atomic E-state index is 11.1. The molecule has 1 atom stereocenters. The van der Waals surface area contributed by atoms with Crippen LogP contribution in [0.3, 0.4) is 0 Å².